The molecule has 4 heterocycles. The summed E-state index contributed by atoms with van der Waals surface area (Å²) >= 11 is 1.51. The van der Waals surface area contributed by atoms with Gasteiger partial charge in [-0.3, -0.25) is 9.78 Å². The Morgan fingerprint density at radius 2 is 1.86 bits per heavy atom. The monoisotopic (exact) mass is 413 g/mol. The number of nitrogens with one attached hydrogen (secondary N) is 1. The molecular formula is C22H31N5OS. The summed E-state index contributed by atoms with van der Waals surface area (Å²) in [5, 5.41) is 5.25. The van der Waals surface area contributed by atoms with E-state index in [1.54, 1.807) is 6.20 Å². The zero-order valence-electron chi connectivity index (χ0n) is 18.0. The molecule has 1 saturated heterocycles. The molecular weight excluding hydrogens is 382 g/mol. The van der Waals surface area contributed by atoms with E-state index in [0.29, 0.717) is 11.6 Å². The molecule has 1 fully saturated rings. The molecule has 1 atom stereocenters. The van der Waals surface area contributed by atoms with E-state index >= 15 is 0 Å². The summed E-state index contributed by atoms with van der Waals surface area (Å²) in [6, 6.07) is 5.84. The van der Waals surface area contributed by atoms with Crippen LogP contribution in [-0.4, -0.2) is 38.8 Å². The maximum Gasteiger partial charge on any atom is 0.274 e. The van der Waals surface area contributed by atoms with Gasteiger partial charge < -0.3 is 10.2 Å². The molecule has 7 heteroatoms. The van der Waals surface area contributed by atoms with Gasteiger partial charge in [0.2, 0.25) is 5.95 Å². The van der Waals surface area contributed by atoms with Crippen molar-refractivity contribution in [2.24, 2.45) is 0 Å². The van der Waals surface area contributed by atoms with Crippen LogP contribution in [0.25, 0.3) is 10.2 Å². The van der Waals surface area contributed by atoms with Crippen molar-refractivity contribution in [2.45, 2.75) is 53.5 Å². The zero-order valence-corrected chi connectivity index (χ0v) is 18.8. The van der Waals surface area contributed by atoms with Gasteiger partial charge in [-0.2, -0.15) is 0 Å². The molecule has 0 aliphatic carbocycles. The fourth-order valence-electron chi connectivity index (χ4n) is 3.05. The highest BCUT2D eigenvalue weighted by molar-refractivity contribution is 7.17. The van der Waals surface area contributed by atoms with Crippen LogP contribution < -0.4 is 5.32 Å². The molecule has 0 radical (unpaired) electrons. The van der Waals surface area contributed by atoms with Gasteiger partial charge in [0.05, 0.1) is 16.3 Å². The second kappa shape index (κ2) is 11.5. The molecule has 29 heavy (non-hydrogen) atoms. The number of aromatic nitrogens is 3. The number of likely N-dealkylation sites (tertiary alicyclic amines) is 1. The lowest BCUT2D eigenvalue weighted by molar-refractivity contribution is 0.0789. The minimum absolute atomic E-state index is 0.000440. The molecule has 3 aromatic heterocycles. The van der Waals surface area contributed by atoms with Gasteiger partial charge in [-0.1, -0.05) is 33.8 Å². The van der Waals surface area contributed by atoms with E-state index < -0.39 is 0 Å². The Morgan fingerprint density at radius 1 is 1.14 bits per heavy atom. The number of nitrogens with zero attached hydrogens (tertiary/aromatic N) is 4. The number of rotatable bonds is 4. The molecule has 1 N–H and O–H groups in total. The average Bonchev–Trinajstić information content (AvgIpc) is 3.48. The molecule has 0 bridgehead atoms. The van der Waals surface area contributed by atoms with Gasteiger partial charge in [0, 0.05) is 25.5 Å². The predicted octanol–water partition coefficient (Wildman–Crippen LogP) is 5.55. The van der Waals surface area contributed by atoms with Crippen LogP contribution in [0.2, 0.25) is 0 Å². The summed E-state index contributed by atoms with van der Waals surface area (Å²) in [6.45, 7) is 11.6. The van der Waals surface area contributed by atoms with Crippen molar-refractivity contribution >= 4 is 33.4 Å². The SMILES string of the molecule is CC.CC.CC(Nc1nc(C(=O)N2CCCC2)c2sccc2n1)c1cccnc1. The van der Waals surface area contributed by atoms with Crippen LogP contribution in [0.1, 0.15) is 69.6 Å². The van der Waals surface area contributed by atoms with Crippen LogP contribution in [-0.2, 0) is 0 Å². The van der Waals surface area contributed by atoms with Crippen LogP contribution in [0.5, 0.6) is 0 Å². The first-order valence-electron chi connectivity index (χ1n) is 10.4. The number of hydrogen-bond acceptors (Lipinski definition) is 6. The van der Waals surface area contributed by atoms with E-state index in [-0.39, 0.29) is 11.9 Å². The number of amides is 1. The molecule has 156 valence electrons. The van der Waals surface area contributed by atoms with Gasteiger partial charge in [-0.15, -0.1) is 11.3 Å². The zero-order chi connectivity index (χ0) is 21.2. The number of anilines is 1. The van der Waals surface area contributed by atoms with Crippen molar-refractivity contribution in [1.29, 1.82) is 0 Å². The quantitative estimate of drug-likeness (QED) is 0.607. The van der Waals surface area contributed by atoms with Crippen molar-refractivity contribution < 1.29 is 4.79 Å². The number of fused-ring (bicyclic) bond motifs is 1. The molecule has 1 amide bonds. The van der Waals surface area contributed by atoms with Gasteiger partial charge in [0.1, 0.15) is 0 Å². The Hall–Kier alpha value is -2.54. The number of hydrogen-bond donors (Lipinski definition) is 1. The Bertz CT molecular complexity index is 891. The van der Waals surface area contributed by atoms with Crippen molar-refractivity contribution in [2.75, 3.05) is 18.4 Å². The topological polar surface area (TPSA) is 71.0 Å². The van der Waals surface area contributed by atoms with Crippen LogP contribution >= 0.6 is 11.3 Å². The smallest absolute Gasteiger partial charge is 0.274 e. The summed E-state index contributed by atoms with van der Waals surface area (Å²) in [5.41, 5.74) is 2.36. The molecule has 0 aromatic carbocycles. The number of thiophene rings is 1. The maximum absolute atomic E-state index is 12.9. The summed E-state index contributed by atoms with van der Waals surface area (Å²) in [5.74, 6) is 0.481. The van der Waals surface area contributed by atoms with Gasteiger partial charge >= 0.3 is 0 Å². The van der Waals surface area contributed by atoms with E-state index in [4.69, 9.17) is 0 Å². The molecule has 4 rings (SSSR count). The van der Waals surface area contributed by atoms with Gasteiger partial charge in [0.25, 0.3) is 5.91 Å². The lowest BCUT2D eigenvalue weighted by Crippen LogP contribution is -2.28. The lowest BCUT2D eigenvalue weighted by Gasteiger charge is -2.17. The number of pyridine rings is 1. The highest BCUT2D eigenvalue weighted by atomic mass is 32.1. The third-order valence-electron chi connectivity index (χ3n) is 4.43. The minimum atomic E-state index is -0.000440. The Kier molecular flexibility index (Phi) is 8.99. The van der Waals surface area contributed by atoms with Crippen molar-refractivity contribution in [3.63, 3.8) is 0 Å². The fourth-order valence-corrected chi connectivity index (χ4v) is 3.86. The highest BCUT2D eigenvalue weighted by Crippen LogP contribution is 2.27. The second-order valence-electron chi connectivity index (χ2n) is 6.18. The van der Waals surface area contributed by atoms with Crippen molar-refractivity contribution in [1.82, 2.24) is 19.9 Å². The third kappa shape index (κ3) is 5.50. The molecule has 1 aliphatic rings. The van der Waals surface area contributed by atoms with E-state index in [1.165, 1.54) is 11.3 Å². The van der Waals surface area contributed by atoms with Gasteiger partial charge in [0.15, 0.2) is 5.69 Å². The fraction of sp³-hybridized carbons (Fsp3) is 0.455. The number of carbonyl (C=O) groups excluding carboxylic acids is 1. The van der Waals surface area contributed by atoms with Crippen LogP contribution in [0, 0.1) is 0 Å². The number of carbonyl (C=O) groups is 1. The third-order valence-corrected chi connectivity index (χ3v) is 5.34. The first-order chi connectivity index (χ1) is 14.2. The minimum Gasteiger partial charge on any atom is -0.348 e. The van der Waals surface area contributed by atoms with Crippen LogP contribution in [0.4, 0.5) is 5.95 Å². The lowest BCUT2D eigenvalue weighted by atomic mass is 10.1. The Morgan fingerprint density at radius 3 is 2.52 bits per heavy atom. The summed E-state index contributed by atoms with van der Waals surface area (Å²) in [4.78, 5) is 28.0. The molecule has 1 aliphatic heterocycles. The van der Waals surface area contributed by atoms with Crippen LogP contribution in [0.3, 0.4) is 0 Å². The van der Waals surface area contributed by atoms with Gasteiger partial charge in [-0.25, -0.2) is 9.97 Å². The van der Waals surface area contributed by atoms with E-state index in [2.05, 4.69) is 20.3 Å². The predicted molar refractivity (Wildman–Crippen MR) is 122 cm³/mol. The average molecular weight is 414 g/mol. The molecule has 3 aromatic rings. The largest absolute Gasteiger partial charge is 0.348 e. The van der Waals surface area contributed by atoms with Crippen molar-refractivity contribution in [3.8, 4) is 0 Å². The molecule has 0 spiro atoms. The van der Waals surface area contributed by atoms with E-state index in [9.17, 15) is 4.79 Å². The van der Waals surface area contributed by atoms with Crippen molar-refractivity contribution in [3.05, 3.63) is 47.2 Å². The summed E-state index contributed by atoms with van der Waals surface area (Å²) in [6.07, 6.45) is 5.69. The molecule has 1 unspecified atom stereocenters. The standard InChI is InChI=1S/C18H19N5OS.2C2H6/c1-12(13-5-4-7-19-11-13)20-18-21-14-6-10-25-16(14)15(22-18)17(24)23-8-2-3-9-23;2*1-2/h4-7,10-12H,2-3,8-9H2,1H3,(H,20,21,22);2*1-2H3. The molecule has 0 saturated carbocycles. The van der Waals surface area contributed by atoms with E-state index in [0.717, 1.165) is 41.7 Å². The highest BCUT2D eigenvalue weighted by Gasteiger charge is 2.24. The Balaban J connectivity index is 0.000000707. The summed E-state index contributed by atoms with van der Waals surface area (Å²) in [7, 11) is 0. The van der Waals surface area contributed by atoms with Gasteiger partial charge in [-0.05, 0) is 42.8 Å². The first-order valence-corrected chi connectivity index (χ1v) is 11.3. The summed E-state index contributed by atoms with van der Waals surface area (Å²) < 4.78 is 0.858. The second-order valence-corrected chi connectivity index (χ2v) is 7.10. The maximum atomic E-state index is 12.9. The normalized spacial score (nSPS) is 13.8. The van der Waals surface area contributed by atoms with Crippen LogP contribution in [0.15, 0.2) is 36.0 Å². The molecule has 6 nitrogen and oxygen atoms in total. The Labute approximate surface area is 177 Å². The first kappa shape index (κ1) is 22.7. The van der Waals surface area contributed by atoms with E-state index in [1.807, 2.05) is 69.3 Å².